The first-order valence-electron chi connectivity index (χ1n) is 15.3. The number of hydrogen-bond acceptors (Lipinski definition) is 9. The summed E-state index contributed by atoms with van der Waals surface area (Å²) in [6, 6.07) is 1.01. The zero-order valence-electron chi connectivity index (χ0n) is 27.7. The van der Waals surface area contributed by atoms with Crippen molar-refractivity contribution in [3.63, 3.8) is 0 Å². The molecule has 0 aliphatic heterocycles. The fourth-order valence-corrected chi connectivity index (χ4v) is 4.27. The lowest BCUT2D eigenvalue weighted by Crippen LogP contribution is -2.58. The number of urea groups is 1. The van der Waals surface area contributed by atoms with Crippen LogP contribution in [-0.4, -0.2) is 78.6 Å². The van der Waals surface area contributed by atoms with Gasteiger partial charge in [0.15, 0.2) is 0 Å². The van der Waals surface area contributed by atoms with Crippen LogP contribution in [-0.2, 0) is 35.3 Å². The number of esters is 1. The van der Waals surface area contributed by atoms with E-state index in [2.05, 4.69) is 26.6 Å². The highest BCUT2D eigenvalue weighted by atomic mass is 16.5. The molecule has 15 heteroatoms. The Labute approximate surface area is 270 Å². The summed E-state index contributed by atoms with van der Waals surface area (Å²) in [7, 11) is 1.41. The van der Waals surface area contributed by atoms with Crippen molar-refractivity contribution in [3.05, 3.63) is 23.8 Å². The van der Waals surface area contributed by atoms with Crippen LogP contribution in [0, 0.1) is 11.8 Å². The van der Waals surface area contributed by atoms with Gasteiger partial charge < -0.3 is 46.9 Å². The van der Waals surface area contributed by atoms with Gasteiger partial charge >= 0.3 is 18.0 Å². The predicted molar refractivity (Wildman–Crippen MR) is 171 cm³/mol. The fraction of sp³-hybridized carbons (Fsp3) is 0.613. The average Bonchev–Trinajstić information content (AvgIpc) is 2.97. The minimum Gasteiger partial charge on any atom is -0.495 e. The second-order valence-electron chi connectivity index (χ2n) is 11.8. The number of primary amides is 1. The Hall–Kier alpha value is -4.40. The molecule has 8 N–H and O–H groups in total. The molecule has 0 bridgehead atoms. The van der Waals surface area contributed by atoms with Gasteiger partial charge in [0.05, 0.1) is 24.8 Å². The molecule has 5 amide bonds. The summed E-state index contributed by atoms with van der Waals surface area (Å²) in [5.74, 6) is -3.54. The van der Waals surface area contributed by atoms with Crippen LogP contribution in [0.3, 0.4) is 0 Å². The molecular formula is C31H50N6O9. The Balaban J connectivity index is 3.16. The monoisotopic (exact) mass is 650 g/mol. The molecule has 3 atom stereocenters. The number of nitrogens with two attached hydrogens (primary N) is 1. The van der Waals surface area contributed by atoms with Gasteiger partial charge in [0.25, 0.3) is 0 Å². The van der Waals surface area contributed by atoms with Crippen LogP contribution in [0.1, 0.15) is 72.8 Å². The number of anilines is 1. The molecule has 0 saturated carbocycles. The number of carboxylic acid groups (broad SMARTS) is 1. The van der Waals surface area contributed by atoms with E-state index in [4.69, 9.17) is 20.3 Å². The lowest BCUT2D eigenvalue weighted by molar-refractivity contribution is -0.148. The van der Waals surface area contributed by atoms with Crippen molar-refractivity contribution in [2.24, 2.45) is 17.6 Å². The van der Waals surface area contributed by atoms with E-state index in [1.165, 1.54) is 7.11 Å². The normalized spacial score (nSPS) is 13.0. The first kappa shape index (κ1) is 39.6. The van der Waals surface area contributed by atoms with E-state index in [-0.39, 0.29) is 62.7 Å². The highest BCUT2D eigenvalue weighted by Crippen LogP contribution is 2.26. The third kappa shape index (κ3) is 14.6. The van der Waals surface area contributed by atoms with E-state index >= 15 is 0 Å². The molecule has 0 aliphatic rings. The van der Waals surface area contributed by atoms with Gasteiger partial charge in [-0.05, 0) is 42.9 Å². The van der Waals surface area contributed by atoms with Crippen LogP contribution in [0.5, 0.6) is 5.75 Å². The van der Waals surface area contributed by atoms with Crippen molar-refractivity contribution < 1.29 is 43.3 Å². The number of hydrogen-bond donors (Lipinski definition) is 7. The van der Waals surface area contributed by atoms with Crippen molar-refractivity contribution in [1.82, 2.24) is 21.3 Å². The van der Waals surface area contributed by atoms with Crippen molar-refractivity contribution in [2.45, 2.75) is 98.0 Å². The third-order valence-electron chi connectivity index (χ3n) is 6.72. The van der Waals surface area contributed by atoms with Crippen LogP contribution in [0.15, 0.2) is 18.2 Å². The molecule has 0 aromatic heterocycles. The van der Waals surface area contributed by atoms with Crippen LogP contribution in [0.2, 0.25) is 0 Å². The van der Waals surface area contributed by atoms with Gasteiger partial charge in [-0.1, -0.05) is 47.6 Å². The van der Waals surface area contributed by atoms with Gasteiger partial charge in [0, 0.05) is 19.0 Å². The van der Waals surface area contributed by atoms with E-state index in [0.717, 1.165) is 0 Å². The summed E-state index contributed by atoms with van der Waals surface area (Å²) in [5, 5.41) is 22.7. The summed E-state index contributed by atoms with van der Waals surface area (Å²) in [4.78, 5) is 74.2. The topological polar surface area (TPSA) is 227 Å². The van der Waals surface area contributed by atoms with Crippen molar-refractivity contribution in [1.29, 1.82) is 0 Å². The molecule has 1 aromatic carbocycles. The zero-order valence-corrected chi connectivity index (χ0v) is 27.7. The second kappa shape index (κ2) is 19.9. The Morgan fingerprint density at radius 2 is 1.57 bits per heavy atom. The molecule has 0 aliphatic carbocycles. The van der Waals surface area contributed by atoms with Crippen LogP contribution in [0.4, 0.5) is 10.5 Å². The zero-order chi connectivity index (χ0) is 35.0. The molecule has 15 nitrogen and oxygen atoms in total. The largest absolute Gasteiger partial charge is 0.495 e. The van der Waals surface area contributed by atoms with E-state index in [9.17, 15) is 28.8 Å². The number of carbonyl (C=O) groups is 6. The second-order valence-corrected chi connectivity index (χ2v) is 11.8. The summed E-state index contributed by atoms with van der Waals surface area (Å²) >= 11 is 0. The highest BCUT2D eigenvalue weighted by Gasteiger charge is 2.31. The quantitative estimate of drug-likeness (QED) is 0.0797. The molecule has 0 spiro atoms. The molecule has 1 aromatic rings. The lowest BCUT2D eigenvalue weighted by Gasteiger charge is -2.28. The maximum atomic E-state index is 13.5. The molecule has 0 heterocycles. The first-order valence-corrected chi connectivity index (χ1v) is 15.3. The summed E-state index contributed by atoms with van der Waals surface area (Å²) in [6.07, 6.45) is 0.168. The van der Waals surface area contributed by atoms with E-state index in [0.29, 0.717) is 17.0 Å². The maximum absolute atomic E-state index is 13.5. The smallest absolute Gasteiger partial charge is 0.312 e. The van der Waals surface area contributed by atoms with Crippen molar-refractivity contribution in [2.75, 3.05) is 19.0 Å². The van der Waals surface area contributed by atoms with Gasteiger partial charge in [-0.3, -0.25) is 24.0 Å². The number of rotatable bonds is 20. The highest BCUT2D eigenvalue weighted by molar-refractivity contribution is 5.99. The van der Waals surface area contributed by atoms with Crippen LogP contribution < -0.4 is 37.1 Å². The van der Waals surface area contributed by atoms with Crippen molar-refractivity contribution >= 4 is 41.4 Å². The Bertz CT molecular complexity index is 1200. The summed E-state index contributed by atoms with van der Waals surface area (Å²) in [6.45, 7) is 10.7. The number of ether oxygens (including phenoxy) is 2. The minimum absolute atomic E-state index is 0.0132. The van der Waals surface area contributed by atoms with Gasteiger partial charge in [-0.15, -0.1) is 0 Å². The lowest BCUT2D eigenvalue weighted by atomic mass is 10.0. The number of nitrogens with one attached hydrogen (secondary N) is 5. The molecule has 46 heavy (non-hydrogen) atoms. The number of benzene rings is 1. The Kier molecular flexibility index (Phi) is 17.1. The van der Waals surface area contributed by atoms with Crippen LogP contribution >= 0.6 is 0 Å². The summed E-state index contributed by atoms with van der Waals surface area (Å²) < 4.78 is 10.7. The molecule has 0 saturated heterocycles. The number of amides is 5. The van der Waals surface area contributed by atoms with E-state index in [1.807, 2.05) is 13.8 Å². The van der Waals surface area contributed by atoms with Gasteiger partial charge in [-0.2, -0.15) is 0 Å². The molecule has 0 radical (unpaired) electrons. The molecular weight excluding hydrogens is 600 g/mol. The number of methoxy groups -OCH3 is 1. The van der Waals surface area contributed by atoms with E-state index < -0.39 is 47.8 Å². The average molecular weight is 651 g/mol. The summed E-state index contributed by atoms with van der Waals surface area (Å²) in [5.41, 5.74) is 6.08. The van der Waals surface area contributed by atoms with Crippen molar-refractivity contribution in [3.8, 4) is 5.75 Å². The number of carboxylic acids is 1. The number of carbonyl (C=O) groups excluding carboxylic acids is 5. The van der Waals surface area contributed by atoms with Gasteiger partial charge in [0.2, 0.25) is 17.7 Å². The SMILES string of the molecule is COc1cc(COC(=O)C(C)C)ccc1NC(=O)[C@H](CCCNC(N)=O)NC(=O)[C@@H](NC(=O)[C@H](CCC(=O)O)NC(C)C)C(C)C. The Morgan fingerprint density at radius 3 is 2.11 bits per heavy atom. The standard InChI is InChI=1S/C31H50N6O9/c1-17(2)26(37-28(41)23(34-19(5)6)12-13-25(38)39)29(42)36-22(9-8-14-33-31(32)44)27(40)35-21-11-10-20(15-24(21)45-7)16-46-30(43)18(3)4/h10-11,15,17-19,22-23,26,34H,8-9,12-14,16H2,1-7H3,(H,35,40)(H,36,42)(H,37,41)(H,38,39)(H3,32,33,44)/t22-,23-,26-/m0/s1. The first-order chi connectivity index (χ1) is 21.5. The number of aliphatic carboxylic acids is 1. The molecule has 258 valence electrons. The third-order valence-corrected chi connectivity index (χ3v) is 6.72. The van der Waals surface area contributed by atoms with E-state index in [1.54, 1.807) is 45.9 Å². The van der Waals surface area contributed by atoms with Gasteiger partial charge in [-0.25, -0.2) is 4.79 Å². The molecule has 0 unspecified atom stereocenters. The maximum Gasteiger partial charge on any atom is 0.312 e. The minimum atomic E-state index is -1.09. The fourth-order valence-electron chi connectivity index (χ4n) is 4.27. The van der Waals surface area contributed by atoms with Crippen LogP contribution in [0.25, 0.3) is 0 Å². The predicted octanol–water partition coefficient (Wildman–Crippen LogP) is 1.64. The van der Waals surface area contributed by atoms with Gasteiger partial charge in [0.1, 0.15) is 24.4 Å². The molecule has 1 rings (SSSR count). The molecule has 0 fully saturated rings. The Morgan fingerprint density at radius 1 is 0.891 bits per heavy atom.